The van der Waals surface area contributed by atoms with Gasteiger partial charge in [-0.2, -0.15) is 0 Å². The summed E-state index contributed by atoms with van der Waals surface area (Å²) in [5, 5.41) is 9.07. The van der Waals surface area contributed by atoms with Gasteiger partial charge in [0.2, 0.25) is 11.8 Å². The number of carbonyl (C=O) groups is 2. The molecule has 1 aromatic rings. The van der Waals surface area contributed by atoms with Gasteiger partial charge < -0.3 is 15.4 Å². The molecule has 1 aliphatic heterocycles. The molecule has 3 aliphatic rings. The summed E-state index contributed by atoms with van der Waals surface area (Å²) in [6.45, 7) is 0. The highest BCUT2D eigenvalue weighted by Crippen LogP contribution is 2.41. The summed E-state index contributed by atoms with van der Waals surface area (Å²) in [6.07, 6.45) is -0.895. The lowest BCUT2D eigenvalue weighted by molar-refractivity contribution is -0.274. The van der Waals surface area contributed by atoms with Crippen molar-refractivity contribution in [1.82, 2.24) is 16.0 Å². The van der Waals surface area contributed by atoms with Crippen LogP contribution >= 0.6 is 0 Å². The first-order valence-corrected chi connectivity index (χ1v) is 9.50. The van der Waals surface area contributed by atoms with Gasteiger partial charge in [-0.25, -0.2) is 0 Å². The summed E-state index contributed by atoms with van der Waals surface area (Å²) in [5.74, 6) is -0.0783. The maximum Gasteiger partial charge on any atom is 0.573 e. The highest BCUT2D eigenvalue weighted by Gasteiger charge is 2.41. The first-order valence-electron chi connectivity index (χ1n) is 9.50. The van der Waals surface area contributed by atoms with Crippen LogP contribution in [0.3, 0.4) is 0 Å². The van der Waals surface area contributed by atoms with Crippen molar-refractivity contribution in [2.75, 3.05) is 0 Å². The van der Waals surface area contributed by atoms with Crippen LogP contribution in [0.2, 0.25) is 0 Å². The Morgan fingerprint density at radius 1 is 1.14 bits per heavy atom. The van der Waals surface area contributed by atoms with E-state index in [-0.39, 0.29) is 42.1 Å². The van der Waals surface area contributed by atoms with Gasteiger partial charge in [0.05, 0.1) is 24.7 Å². The van der Waals surface area contributed by atoms with Gasteiger partial charge >= 0.3 is 6.36 Å². The minimum atomic E-state index is -4.74. The third-order valence-electron chi connectivity index (χ3n) is 5.36. The molecule has 3 N–H and O–H groups in total. The maximum atomic E-state index is 12.8. The highest BCUT2D eigenvalue weighted by atomic mass is 19.4. The zero-order chi connectivity index (χ0) is 19.9. The van der Waals surface area contributed by atoms with Crippen LogP contribution in [0.25, 0.3) is 0 Å². The van der Waals surface area contributed by atoms with Crippen molar-refractivity contribution in [1.29, 1.82) is 0 Å². The molecule has 0 radical (unpaired) electrons. The van der Waals surface area contributed by atoms with Gasteiger partial charge in [-0.05, 0) is 55.2 Å². The summed E-state index contributed by atoms with van der Waals surface area (Å²) in [6, 6.07) is 4.68. The summed E-state index contributed by atoms with van der Waals surface area (Å²) < 4.78 is 40.9. The lowest BCUT2D eigenvalue weighted by atomic mass is 10.0. The molecule has 2 amide bonds. The van der Waals surface area contributed by atoms with Crippen molar-refractivity contribution in [2.45, 2.75) is 56.7 Å². The minimum Gasteiger partial charge on any atom is -0.406 e. The summed E-state index contributed by atoms with van der Waals surface area (Å²) in [5.41, 5.74) is 0.726. The van der Waals surface area contributed by atoms with Crippen LogP contribution in [-0.2, 0) is 9.59 Å². The predicted molar refractivity (Wildman–Crippen MR) is 92.9 cm³/mol. The first-order chi connectivity index (χ1) is 13.3. The Morgan fingerprint density at radius 3 is 2.39 bits per heavy atom. The molecule has 0 aromatic heterocycles. The van der Waals surface area contributed by atoms with Crippen LogP contribution < -0.4 is 20.7 Å². The second-order valence-corrected chi connectivity index (χ2v) is 7.75. The first kappa shape index (κ1) is 19.0. The molecule has 9 heteroatoms. The van der Waals surface area contributed by atoms with E-state index >= 15 is 0 Å². The lowest BCUT2D eigenvalue weighted by Gasteiger charge is -2.32. The van der Waals surface area contributed by atoms with Crippen molar-refractivity contribution < 1.29 is 27.5 Å². The highest BCUT2D eigenvalue weighted by molar-refractivity contribution is 5.89. The van der Waals surface area contributed by atoms with Crippen molar-refractivity contribution in [3.8, 4) is 5.75 Å². The van der Waals surface area contributed by atoms with E-state index in [0.717, 1.165) is 31.2 Å². The third-order valence-corrected chi connectivity index (χ3v) is 5.36. The van der Waals surface area contributed by atoms with Crippen LogP contribution in [0.4, 0.5) is 13.2 Å². The van der Waals surface area contributed by atoms with Gasteiger partial charge in [0.25, 0.3) is 0 Å². The Bertz CT molecular complexity index is 745. The number of amides is 2. The molecule has 1 aromatic carbocycles. The molecular formula is C19H22F3N3O3. The molecule has 2 saturated carbocycles. The Morgan fingerprint density at radius 2 is 1.82 bits per heavy atom. The standard InChI is InChI=1S/C19H22F3N3O3/c20-19(21,22)28-13-7-5-11(6-8-13)16(10-1-2-10)25-18(27)14-9-15(26)24-17(23-14)12-3-4-12/h5-8,10,12,14,16-17,23H,1-4,9H2,(H,24,26)(H,25,27)/t14?,16-,17?/m1/s1. The smallest absolute Gasteiger partial charge is 0.406 e. The van der Waals surface area contributed by atoms with Gasteiger partial charge in [0.15, 0.2) is 0 Å². The molecule has 152 valence electrons. The van der Waals surface area contributed by atoms with Crippen molar-refractivity contribution in [3.63, 3.8) is 0 Å². The predicted octanol–water partition coefficient (Wildman–Crippen LogP) is 2.37. The van der Waals surface area contributed by atoms with Gasteiger partial charge in [-0.1, -0.05) is 12.1 Å². The van der Waals surface area contributed by atoms with Crippen molar-refractivity contribution >= 4 is 11.8 Å². The fourth-order valence-electron chi connectivity index (χ4n) is 3.62. The molecule has 2 unspecified atom stereocenters. The van der Waals surface area contributed by atoms with E-state index in [0.29, 0.717) is 5.92 Å². The third kappa shape index (κ3) is 4.76. The van der Waals surface area contributed by atoms with E-state index in [1.54, 1.807) is 12.1 Å². The van der Waals surface area contributed by atoms with Gasteiger partial charge in [0.1, 0.15) is 5.75 Å². The van der Waals surface area contributed by atoms with Crippen LogP contribution in [0.1, 0.15) is 43.7 Å². The van der Waals surface area contributed by atoms with Gasteiger partial charge in [-0.3, -0.25) is 14.9 Å². The number of halogens is 3. The Hall–Kier alpha value is -2.29. The molecule has 2 aliphatic carbocycles. The maximum absolute atomic E-state index is 12.8. The van der Waals surface area contributed by atoms with Crippen LogP contribution in [-0.4, -0.2) is 30.4 Å². The molecule has 0 spiro atoms. The zero-order valence-corrected chi connectivity index (χ0v) is 15.1. The lowest BCUT2D eigenvalue weighted by Crippen LogP contribution is -2.61. The zero-order valence-electron chi connectivity index (χ0n) is 15.1. The number of carbonyl (C=O) groups excluding carboxylic acids is 2. The number of rotatable bonds is 6. The molecule has 3 fully saturated rings. The topological polar surface area (TPSA) is 79.5 Å². The van der Waals surface area contributed by atoms with Crippen molar-refractivity contribution in [3.05, 3.63) is 29.8 Å². The molecule has 1 heterocycles. The molecule has 28 heavy (non-hydrogen) atoms. The molecule has 4 rings (SSSR count). The SMILES string of the molecule is O=C1CC(C(=O)N[C@@H](c2ccc(OC(F)(F)F)cc2)C2CC2)NC(C2CC2)N1. The second-order valence-electron chi connectivity index (χ2n) is 7.75. The van der Waals surface area contributed by atoms with Gasteiger partial charge in [0, 0.05) is 0 Å². The van der Waals surface area contributed by atoms with E-state index in [9.17, 15) is 22.8 Å². The molecule has 3 atom stereocenters. The van der Waals surface area contributed by atoms with Crippen LogP contribution in [0.15, 0.2) is 24.3 Å². The quantitative estimate of drug-likeness (QED) is 0.689. The average molecular weight is 397 g/mol. The number of alkyl halides is 3. The van der Waals surface area contributed by atoms with E-state index in [1.807, 2.05) is 0 Å². The fraction of sp³-hybridized carbons (Fsp3) is 0.579. The monoisotopic (exact) mass is 397 g/mol. The van der Waals surface area contributed by atoms with E-state index in [1.165, 1.54) is 12.1 Å². The largest absolute Gasteiger partial charge is 0.573 e. The van der Waals surface area contributed by atoms with Crippen LogP contribution in [0, 0.1) is 11.8 Å². The van der Waals surface area contributed by atoms with E-state index in [2.05, 4.69) is 20.7 Å². The number of hydrogen-bond acceptors (Lipinski definition) is 4. The Balaban J connectivity index is 1.42. The number of hydrogen-bond donors (Lipinski definition) is 3. The summed E-state index contributed by atoms with van der Waals surface area (Å²) in [7, 11) is 0. The molecule has 6 nitrogen and oxygen atoms in total. The van der Waals surface area contributed by atoms with Crippen LogP contribution in [0.5, 0.6) is 5.75 Å². The van der Waals surface area contributed by atoms with Crippen molar-refractivity contribution in [2.24, 2.45) is 11.8 Å². The van der Waals surface area contributed by atoms with E-state index in [4.69, 9.17) is 0 Å². The molecule has 0 bridgehead atoms. The normalized spacial score (nSPS) is 26.3. The molecular weight excluding hydrogens is 375 g/mol. The Labute approximate surface area is 160 Å². The molecule has 1 saturated heterocycles. The van der Waals surface area contributed by atoms with E-state index < -0.39 is 12.4 Å². The average Bonchev–Trinajstić information content (AvgIpc) is 3.52. The Kier molecular flexibility index (Phi) is 4.95. The fourth-order valence-corrected chi connectivity index (χ4v) is 3.62. The number of benzene rings is 1. The number of ether oxygens (including phenoxy) is 1. The summed E-state index contributed by atoms with van der Waals surface area (Å²) >= 11 is 0. The minimum absolute atomic E-state index is 0.0742. The number of nitrogens with one attached hydrogen (secondary N) is 3. The second kappa shape index (κ2) is 7.27. The van der Waals surface area contributed by atoms with Gasteiger partial charge in [-0.15, -0.1) is 13.2 Å². The summed E-state index contributed by atoms with van der Waals surface area (Å²) in [4.78, 5) is 24.7.